The first-order valence-electron chi connectivity index (χ1n) is 7.83. The van der Waals surface area contributed by atoms with Crippen molar-refractivity contribution in [2.75, 3.05) is 31.7 Å². The average Bonchev–Trinajstić information content (AvgIpc) is 2.86. The molecule has 1 saturated heterocycles. The lowest BCUT2D eigenvalue weighted by Gasteiger charge is -2.36. The summed E-state index contributed by atoms with van der Waals surface area (Å²) in [6.45, 7) is 8.18. The molecule has 2 unspecified atom stereocenters. The highest BCUT2D eigenvalue weighted by molar-refractivity contribution is 5.41. The molecule has 1 aliphatic rings. The highest BCUT2D eigenvalue weighted by Crippen LogP contribution is 2.19. The molecule has 0 N–H and O–H groups in total. The van der Waals surface area contributed by atoms with Gasteiger partial charge >= 0.3 is 0 Å². The van der Waals surface area contributed by atoms with E-state index >= 15 is 0 Å². The van der Waals surface area contributed by atoms with E-state index in [2.05, 4.69) is 27.1 Å². The zero-order valence-electron chi connectivity index (χ0n) is 14.1. The summed E-state index contributed by atoms with van der Waals surface area (Å²) in [5.74, 6) is 1.58. The van der Waals surface area contributed by atoms with Crippen LogP contribution in [0, 0.1) is 13.8 Å². The molecule has 0 amide bonds. The van der Waals surface area contributed by atoms with E-state index in [9.17, 15) is 0 Å². The minimum absolute atomic E-state index is 0.0567. The third kappa shape index (κ3) is 3.51. The number of hydrogen-bond donors (Lipinski definition) is 0. The summed E-state index contributed by atoms with van der Waals surface area (Å²) in [5, 5.41) is 13.1. The number of morpholine rings is 1. The van der Waals surface area contributed by atoms with Crippen molar-refractivity contribution < 1.29 is 9.47 Å². The van der Waals surface area contributed by atoms with Gasteiger partial charge in [0.2, 0.25) is 0 Å². The summed E-state index contributed by atoms with van der Waals surface area (Å²) in [6, 6.07) is 5.96. The van der Waals surface area contributed by atoms with Gasteiger partial charge in [-0.3, -0.25) is 0 Å². The van der Waals surface area contributed by atoms with Crippen LogP contribution in [0.25, 0.3) is 5.82 Å². The third-order valence-electron chi connectivity index (χ3n) is 3.87. The number of rotatable bonds is 4. The maximum atomic E-state index is 5.86. The lowest BCUT2D eigenvalue weighted by atomic mass is 10.2. The zero-order valence-corrected chi connectivity index (χ0v) is 14.1. The van der Waals surface area contributed by atoms with Crippen molar-refractivity contribution >= 4 is 5.82 Å². The van der Waals surface area contributed by atoms with Crippen LogP contribution in [0.15, 0.2) is 18.2 Å². The second kappa shape index (κ2) is 6.64. The second-order valence-electron chi connectivity index (χ2n) is 6.02. The third-order valence-corrected chi connectivity index (χ3v) is 3.87. The minimum Gasteiger partial charge on any atom is -0.382 e. The molecule has 0 radical (unpaired) electrons. The lowest BCUT2D eigenvalue weighted by Crippen LogP contribution is -2.48. The summed E-state index contributed by atoms with van der Waals surface area (Å²) >= 11 is 0. The quantitative estimate of drug-likeness (QED) is 0.852. The van der Waals surface area contributed by atoms with E-state index in [0.717, 1.165) is 36.1 Å². The molecule has 2 atom stereocenters. The molecule has 1 fully saturated rings. The predicted molar refractivity (Wildman–Crippen MR) is 87.1 cm³/mol. The topological polar surface area (TPSA) is 65.3 Å². The van der Waals surface area contributed by atoms with E-state index in [-0.39, 0.29) is 12.2 Å². The van der Waals surface area contributed by atoms with E-state index in [1.54, 1.807) is 7.11 Å². The number of nitrogens with zero attached hydrogens (tertiary/aromatic N) is 5. The Kier molecular flexibility index (Phi) is 4.58. The molecule has 23 heavy (non-hydrogen) atoms. The molecule has 124 valence electrons. The van der Waals surface area contributed by atoms with Crippen LogP contribution in [0.2, 0.25) is 0 Å². The molecule has 2 aromatic heterocycles. The molecule has 1 aliphatic heterocycles. The van der Waals surface area contributed by atoms with Gasteiger partial charge < -0.3 is 14.4 Å². The Morgan fingerprint density at radius 3 is 2.57 bits per heavy atom. The second-order valence-corrected chi connectivity index (χ2v) is 6.02. The van der Waals surface area contributed by atoms with Crippen LogP contribution in [0.4, 0.5) is 5.82 Å². The summed E-state index contributed by atoms with van der Waals surface area (Å²) in [5.41, 5.74) is 2.02. The molecule has 7 heteroatoms. The number of aryl methyl sites for hydroxylation is 2. The van der Waals surface area contributed by atoms with Gasteiger partial charge in [0.1, 0.15) is 0 Å². The Balaban J connectivity index is 1.77. The highest BCUT2D eigenvalue weighted by atomic mass is 16.5. The summed E-state index contributed by atoms with van der Waals surface area (Å²) in [4.78, 5) is 2.19. The monoisotopic (exact) mass is 317 g/mol. The maximum Gasteiger partial charge on any atom is 0.176 e. The van der Waals surface area contributed by atoms with Gasteiger partial charge in [-0.1, -0.05) is 0 Å². The smallest absolute Gasteiger partial charge is 0.176 e. The van der Waals surface area contributed by atoms with E-state index in [1.165, 1.54) is 0 Å². The van der Waals surface area contributed by atoms with Crippen molar-refractivity contribution in [2.24, 2.45) is 0 Å². The van der Waals surface area contributed by atoms with E-state index in [0.29, 0.717) is 6.61 Å². The Labute approximate surface area is 136 Å². The fraction of sp³-hybridized carbons (Fsp3) is 0.562. The van der Waals surface area contributed by atoms with E-state index in [1.807, 2.05) is 36.7 Å². The van der Waals surface area contributed by atoms with Gasteiger partial charge in [0.25, 0.3) is 0 Å². The molecule has 0 aromatic carbocycles. The van der Waals surface area contributed by atoms with Crippen LogP contribution >= 0.6 is 0 Å². The molecule has 0 aliphatic carbocycles. The molecule has 2 aromatic rings. The highest BCUT2D eigenvalue weighted by Gasteiger charge is 2.26. The summed E-state index contributed by atoms with van der Waals surface area (Å²) < 4.78 is 12.9. The van der Waals surface area contributed by atoms with Gasteiger partial charge in [-0.25, -0.2) is 4.68 Å². The Hall–Kier alpha value is -1.99. The lowest BCUT2D eigenvalue weighted by molar-refractivity contribution is -0.0513. The van der Waals surface area contributed by atoms with Crippen molar-refractivity contribution in [3.63, 3.8) is 0 Å². The Morgan fingerprint density at radius 1 is 1.22 bits per heavy atom. The van der Waals surface area contributed by atoms with E-state index < -0.39 is 0 Å². The van der Waals surface area contributed by atoms with Gasteiger partial charge in [0, 0.05) is 25.9 Å². The van der Waals surface area contributed by atoms with Crippen molar-refractivity contribution in [1.82, 2.24) is 20.0 Å². The number of aromatic nitrogens is 4. The number of methoxy groups -OCH3 is 1. The maximum absolute atomic E-state index is 5.86. The predicted octanol–water partition coefficient (Wildman–Crippen LogP) is 1.52. The Morgan fingerprint density at radius 2 is 1.96 bits per heavy atom. The minimum atomic E-state index is 0.0567. The first-order chi connectivity index (χ1) is 11.1. The molecular weight excluding hydrogens is 294 g/mol. The largest absolute Gasteiger partial charge is 0.382 e. The number of ether oxygens (including phenoxy) is 2. The molecule has 7 nitrogen and oxygen atoms in total. The normalized spacial score (nSPS) is 21.7. The molecule has 0 bridgehead atoms. The standard InChI is InChI=1S/C16H23N5O2/c1-11-7-12(2)21(19-11)16-6-5-15(17-18-16)20-8-13(3)23-14(9-20)10-22-4/h5-7,13-14H,8-10H2,1-4H3. The van der Waals surface area contributed by atoms with Crippen LogP contribution in [0.3, 0.4) is 0 Å². The SMILES string of the molecule is COCC1CN(c2ccc(-n3nc(C)cc3C)nn2)CC(C)O1. The van der Waals surface area contributed by atoms with Crippen LogP contribution < -0.4 is 4.90 Å². The average molecular weight is 317 g/mol. The van der Waals surface area contributed by atoms with Crippen LogP contribution in [0.1, 0.15) is 18.3 Å². The van der Waals surface area contributed by atoms with Gasteiger partial charge in [-0.05, 0) is 39.0 Å². The fourth-order valence-electron chi connectivity index (χ4n) is 2.97. The molecular formula is C16H23N5O2. The van der Waals surface area contributed by atoms with Gasteiger partial charge in [-0.2, -0.15) is 5.10 Å². The fourth-order valence-corrected chi connectivity index (χ4v) is 2.97. The van der Waals surface area contributed by atoms with Crippen molar-refractivity contribution in [3.05, 3.63) is 29.6 Å². The van der Waals surface area contributed by atoms with Crippen LogP contribution in [-0.2, 0) is 9.47 Å². The first-order valence-corrected chi connectivity index (χ1v) is 7.83. The summed E-state index contributed by atoms with van der Waals surface area (Å²) in [7, 11) is 1.69. The number of anilines is 1. The van der Waals surface area contributed by atoms with Gasteiger partial charge in [0.05, 0.1) is 24.5 Å². The molecule has 3 rings (SSSR count). The van der Waals surface area contributed by atoms with Gasteiger partial charge in [0.15, 0.2) is 11.6 Å². The van der Waals surface area contributed by atoms with Crippen molar-refractivity contribution in [2.45, 2.75) is 33.0 Å². The van der Waals surface area contributed by atoms with Crippen molar-refractivity contribution in [3.8, 4) is 5.82 Å². The van der Waals surface area contributed by atoms with Crippen LogP contribution in [0.5, 0.6) is 0 Å². The molecule has 0 spiro atoms. The Bertz CT molecular complexity index is 655. The number of hydrogen-bond acceptors (Lipinski definition) is 6. The molecule has 3 heterocycles. The van der Waals surface area contributed by atoms with Gasteiger partial charge in [-0.15, -0.1) is 10.2 Å². The zero-order chi connectivity index (χ0) is 16.4. The van der Waals surface area contributed by atoms with Crippen molar-refractivity contribution in [1.29, 1.82) is 0 Å². The molecule has 0 saturated carbocycles. The van der Waals surface area contributed by atoms with Crippen LogP contribution in [-0.4, -0.2) is 59.0 Å². The summed E-state index contributed by atoms with van der Waals surface area (Å²) in [6.07, 6.45) is 0.197. The first kappa shape index (κ1) is 15.9. The van der Waals surface area contributed by atoms with E-state index in [4.69, 9.17) is 9.47 Å².